The van der Waals surface area contributed by atoms with E-state index in [4.69, 9.17) is 9.26 Å². The van der Waals surface area contributed by atoms with Crippen LogP contribution in [0, 0.1) is 0 Å². The number of nitrogens with zero attached hydrogens (tertiary/aromatic N) is 2. The van der Waals surface area contributed by atoms with Gasteiger partial charge in [0.25, 0.3) is 0 Å². The van der Waals surface area contributed by atoms with Gasteiger partial charge in [0.1, 0.15) is 18.0 Å². The third-order valence-electron chi connectivity index (χ3n) is 2.39. The van der Waals surface area contributed by atoms with Crippen LogP contribution in [0.4, 0.5) is 0 Å². The van der Waals surface area contributed by atoms with Crippen molar-refractivity contribution < 1.29 is 14.1 Å². The summed E-state index contributed by atoms with van der Waals surface area (Å²) in [6, 6.07) is 7.17. The number of carbonyl (C=O) groups is 1. The predicted molar refractivity (Wildman–Crippen MR) is 67.5 cm³/mol. The molecule has 0 aliphatic heterocycles. The topological polar surface area (TPSA) is 81.0 Å². The first-order valence-electron chi connectivity index (χ1n) is 5.49. The van der Waals surface area contributed by atoms with E-state index < -0.39 is 5.97 Å². The van der Waals surface area contributed by atoms with Crippen molar-refractivity contribution in [3.8, 4) is 10.6 Å². The molecular formula is C12H9N3O3S. The van der Waals surface area contributed by atoms with Crippen molar-refractivity contribution in [3.63, 3.8) is 0 Å². The second kappa shape index (κ2) is 5.07. The van der Waals surface area contributed by atoms with Gasteiger partial charge in [0.2, 0.25) is 0 Å². The Bertz CT molecular complexity index is 658. The Morgan fingerprint density at radius 1 is 1.47 bits per heavy atom. The quantitative estimate of drug-likeness (QED) is 0.740. The number of rotatable bonds is 4. The molecule has 3 aromatic heterocycles. The molecule has 0 fully saturated rings. The van der Waals surface area contributed by atoms with Gasteiger partial charge < -0.3 is 9.26 Å². The fourth-order valence-corrected chi connectivity index (χ4v) is 2.17. The molecule has 0 aromatic carbocycles. The Labute approximate surface area is 112 Å². The van der Waals surface area contributed by atoms with Gasteiger partial charge in [-0.1, -0.05) is 11.2 Å². The maximum Gasteiger partial charge on any atom is 0.356 e. The molecular weight excluding hydrogens is 266 g/mol. The van der Waals surface area contributed by atoms with Crippen LogP contribution < -0.4 is 0 Å². The molecule has 0 aliphatic carbocycles. The van der Waals surface area contributed by atoms with Gasteiger partial charge in [-0.05, 0) is 17.5 Å². The number of H-pyrrole nitrogens is 1. The largest absolute Gasteiger partial charge is 0.454 e. The number of aromatic nitrogens is 3. The Morgan fingerprint density at radius 3 is 3.16 bits per heavy atom. The van der Waals surface area contributed by atoms with Crippen LogP contribution in [0.15, 0.2) is 40.4 Å². The van der Waals surface area contributed by atoms with Crippen molar-refractivity contribution in [3.05, 3.63) is 47.2 Å². The Balaban J connectivity index is 1.63. The highest BCUT2D eigenvalue weighted by atomic mass is 32.1. The SMILES string of the molecule is O=C(OCc1cc(-c2cccs2)on1)c1ccn[nH]1. The van der Waals surface area contributed by atoms with Gasteiger partial charge in [0, 0.05) is 12.3 Å². The Hall–Kier alpha value is -2.41. The number of carbonyl (C=O) groups excluding carboxylic acids is 1. The van der Waals surface area contributed by atoms with Gasteiger partial charge in [0.15, 0.2) is 5.76 Å². The smallest absolute Gasteiger partial charge is 0.356 e. The van der Waals surface area contributed by atoms with Gasteiger partial charge in [0.05, 0.1) is 4.88 Å². The molecule has 6 nitrogen and oxygen atoms in total. The number of ether oxygens (including phenoxy) is 1. The first-order chi connectivity index (χ1) is 9.33. The molecule has 0 amide bonds. The van der Waals surface area contributed by atoms with Crippen LogP contribution in [0.5, 0.6) is 0 Å². The number of hydrogen-bond donors (Lipinski definition) is 1. The molecule has 7 heteroatoms. The van der Waals surface area contributed by atoms with Gasteiger partial charge in [-0.3, -0.25) is 5.10 Å². The Morgan fingerprint density at radius 2 is 2.42 bits per heavy atom. The van der Waals surface area contributed by atoms with Gasteiger partial charge >= 0.3 is 5.97 Å². The summed E-state index contributed by atoms with van der Waals surface area (Å²) in [5.41, 5.74) is 0.873. The normalized spacial score (nSPS) is 10.5. The molecule has 0 bridgehead atoms. The Kier molecular flexibility index (Phi) is 3.11. The van der Waals surface area contributed by atoms with E-state index in [0.717, 1.165) is 4.88 Å². The first-order valence-corrected chi connectivity index (χ1v) is 6.37. The lowest BCUT2D eigenvalue weighted by Crippen LogP contribution is -2.05. The standard InChI is InChI=1S/C12H9N3O3S/c16-12(9-3-4-13-14-9)17-7-8-6-10(18-15-8)11-2-1-5-19-11/h1-6H,7H2,(H,13,14). The summed E-state index contributed by atoms with van der Waals surface area (Å²) in [7, 11) is 0. The summed E-state index contributed by atoms with van der Waals surface area (Å²) in [5, 5.41) is 12.0. The van der Waals surface area contributed by atoms with Crippen LogP contribution in [0.3, 0.4) is 0 Å². The molecule has 0 atom stereocenters. The molecule has 0 aliphatic rings. The molecule has 0 saturated carbocycles. The number of nitrogens with one attached hydrogen (secondary N) is 1. The van der Waals surface area contributed by atoms with E-state index in [-0.39, 0.29) is 6.61 Å². The van der Waals surface area contributed by atoms with E-state index in [1.807, 2.05) is 17.5 Å². The van der Waals surface area contributed by atoms with Crippen molar-refractivity contribution in [2.24, 2.45) is 0 Å². The number of esters is 1. The molecule has 3 rings (SSSR count). The molecule has 19 heavy (non-hydrogen) atoms. The fraction of sp³-hybridized carbons (Fsp3) is 0.0833. The molecule has 0 radical (unpaired) electrons. The van der Waals surface area contributed by atoms with Crippen LogP contribution >= 0.6 is 11.3 Å². The first kappa shape index (κ1) is 11.7. The number of thiophene rings is 1. The zero-order chi connectivity index (χ0) is 13.1. The summed E-state index contributed by atoms with van der Waals surface area (Å²) < 4.78 is 10.3. The minimum absolute atomic E-state index is 0.0622. The summed E-state index contributed by atoms with van der Waals surface area (Å²) >= 11 is 1.56. The van der Waals surface area contributed by atoms with E-state index >= 15 is 0 Å². The lowest BCUT2D eigenvalue weighted by Gasteiger charge is -1.98. The average Bonchev–Trinajstić information content (AvgIpc) is 3.14. The monoisotopic (exact) mass is 275 g/mol. The van der Waals surface area contributed by atoms with Crippen molar-refractivity contribution in [1.82, 2.24) is 15.4 Å². The molecule has 96 valence electrons. The lowest BCUT2D eigenvalue weighted by atomic mass is 10.3. The summed E-state index contributed by atoms with van der Waals surface area (Å²) in [4.78, 5) is 12.5. The van der Waals surface area contributed by atoms with E-state index in [1.54, 1.807) is 23.5 Å². The lowest BCUT2D eigenvalue weighted by molar-refractivity contribution is 0.0457. The van der Waals surface area contributed by atoms with Crippen LogP contribution in [-0.2, 0) is 11.3 Å². The van der Waals surface area contributed by atoms with E-state index in [0.29, 0.717) is 17.1 Å². The van der Waals surface area contributed by atoms with Crippen molar-refractivity contribution in [2.75, 3.05) is 0 Å². The molecule has 1 N–H and O–H groups in total. The highest BCUT2D eigenvalue weighted by molar-refractivity contribution is 7.13. The predicted octanol–water partition coefficient (Wildman–Crippen LogP) is 2.48. The van der Waals surface area contributed by atoms with Crippen molar-refractivity contribution in [2.45, 2.75) is 6.61 Å². The highest BCUT2D eigenvalue weighted by Crippen LogP contribution is 2.25. The number of aromatic amines is 1. The molecule has 0 unspecified atom stereocenters. The molecule has 0 spiro atoms. The molecule has 3 aromatic rings. The summed E-state index contributed by atoms with van der Waals surface area (Å²) in [6.45, 7) is 0.0622. The zero-order valence-electron chi connectivity index (χ0n) is 9.70. The summed E-state index contributed by atoms with van der Waals surface area (Å²) in [6.07, 6.45) is 1.49. The second-order valence-corrected chi connectivity index (χ2v) is 4.65. The minimum atomic E-state index is -0.474. The second-order valence-electron chi connectivity index (χ2n) is 3.71. The van der Waals surface area contributed by atoms with Crippen molar-refractivity contribution >= 4 is 17.3 Å². The average molecular weight is 275 g/mol. The highest BCUT2D eigenvalue weighted by Gasteiger charge is 2.12. The fourth-order valence-electron chi connectivity index (χ4n) is 1.50. The maximum atomic E-state index is 11.6. The summed E-state index contributed by atoms with van der Waals surface area (Å²) in [5.74, 6) is 0.195. The molecule has 3 heterocycles. The van der Waals surface area contributed by atoms with E-state index in [9.17, 15) is 4.79 Å². The van der Waals surface area contributed by atoms with Gasteiger partial charge in [-0.25, -0.2) is 4.79 Å². The van der Waals surface area contributed by atoms with E-state index in [2.05, 4.69) is 15.4 Å². The minimum Gasteiger partial charge on any atom is -0.454 e. The van der Waals surface area contributed by atoms with E-state index in [1.165, 1.54) is 6.20 Å². The van der Waals surface area contributed by atoms with Gasteiger partial charge in [-0.15, -0.1) is 11.3 Å². The third kappa shape index (κ3) is 2.55. The number of hydrogen-bond acceptors (Lipinski definition) is 6. The zero-order valence-corrected chi connectivity index (χ0v) is 10.5. The molecule has 0 saturated heterocycles. The van der Waals surface area contributed by atoms with Crippen LogP contribution in [0.2, 0.25) is 0 Å². The van der Waals surface area contributed by atoms with Crippen LogP contribution in [0.25, 0.3) is 10.6 Å². The van der Waals surface area contributed by atoms with Crippen LogP contribution in [-0.4, -0.2) is 21.3 Å². The third-order valence-corrected chi connectivity index (χ3v) is 3.28. The van der Waals surface area contributed by atoms with Gasteiger partial charge in [-0.2, -0.15) is 5.10 Å². The van der Waals surface area contributed by atoms with Crippen LogP contribution in [0.1, 0.15) is 16.2 Å². The van der Waals surface area contributed by atoms with Crippen molar-refractivity contribution in [1.29, 1.82) is 0 Å². The maximum absolute atomic E-state index is 11.6.